The Hall–Kier alpha value is -1.82. The first-order valence-corrected chi connectivity index (χ1v) is 8.53. The van der Waals surface area contributed by atoms with Gasteiger partial charge in [0.1, 0.15) is 0 Å². The molecule has 22 heavy (non-hydrogen) atoms. The molecular weight excluding hydrogens is 298 g/mol. The van der Waals surface area contributed by atoms with E-state index in [1.165, 1.54) is 0 Å². The van der Waals surface area contributed by atoms with Crippen LogP contribution in [0.25, 0.3) is 0 Å². The number of carbonyl (C=O) groups is 2. The van der Waals surface area contributed by atoms with Crippen molar-refractivity contribution in [3.8, 4) is 0 Å². The summed E-state index contributed by atoms with van der Waals surface area (Å²) in [5.41, 5.74) is 0.665. The molecule has 1 aliphatic rings. The number of carbonyl (C=O) groups excluding carboxylic acids is 2. The van der Waals surface area contributed by atoms with E-state index in [0.717, 1.165) is 18.6 Å². The molecule has 2 heterocycles. The van der Waals surface area contributed by atoms with E-state index in [2.05, 4.69) is 16.9 Å². The zero-order chi connectivity index (χ0) is 15.8. The van der Waals surface area contributed by atoms with Crippen molar-refractivity contribution >= 4 is 23.6 Å². The molecule has 1 saturated heterocycles. The SMILES string of the molecule is C=CCSCC(=O)NC1CCN(C(=O)c2ccncc2)CC1. The van der Waals surface area contributed by atoms with E-state index in [1.54, 1.807) is 42.4 Å². The Morgan fingerprint density at radius 3 is 2.68 bits per heavy atom. The van der Waals surface area contributed by atoms with Crippen LogP contribution in [-0.2, 0) is 4.79 Å². The molecule has 0 radical (unpaired) electrons. The third-order valence-corrected chi connectivity index (χ3v) is 4.48. The molecule has 0 aromatic carbocycles. The molecule has 2 rings (SSSR count). The van der Waals surface area contributed by atoms with Gasteiger partial charge in [-0.25, -0.2) is 0 Å². The Morgan fingerprint density at radius 2 is 2.05 bits per heavy atom. The normalized spacial score (nSPS) is 15.4. The van der Waals surface area contributed by atoms with Crippen LogP contribution in [0, 0.1) is 0 Å². The second-order valence-corrected chi connectivity index (χ2v) is 6.20. The number of hydrogen-bond acceptors (Lipinski definition) is 4. The second kappa shape index (κ2) is 8.58. The van der Waals surface area contributed by atoms with Crippen LogP contribution in [0.3, 0.4) is 0 Å². The van der Waals surface area contributed by atoms with E-state index in [1.807, 2.05) is 4.90 Å². The van der Waals surface area contributed by atoms with E-state index in [4.69, 9.17) is 0 Å². The zero-order valence-corrected chi connectivity index (χ0v) is 13.3. The molecular formula is C16H21N3O2S. The third kappa shape index (κ3) is 4.87. The summed E-state index contributed by atoms with van der Waals surface area (Å²) in [7, 11) is 0. The smallest absolute Gasteiger partial charge is 0.253 e. The second-order valence-electron chi connectivity index (χ2n) is 5.17. The summed E-state index contributed by atoms with van der Waals surface area (Å²) in [4.78, 5) is 29.8. The number of aromatic nitrogens is 1. The van der Waals surface area contributed by atoms with E-state index >= 15 is 0 Å². The summed E-state index contributed by atoms with van der Waals surface area (Å²) in [6.07, 6.45) is 6.65. The molecule has 0 spiro atoms. The quantitative estimate of drug-likeness (QED) is 0.641. The van der Waals surface area contributed by atoms with Crippen molar-refractivity contribution in [1.29, 1.82) is 0 Å². The maximum Gasteiger partial charge on any atom is 0.253 e. The molecule has 0 bridgehead atoms. The number of thioether (sulfide) groups is 1. The average molecular weight is 319 g/mol. The molecule has 1 N–H and O–H groups in total. The highest BCUT2D eigenvalue weighted by Crippen LogP contribution is 2.14. The number of nitrogens with one attached hydrogen (secondary N) is 1. The molecule has 1 fully saturated rings. The van der Waals surface area contributed by atoms with Crippen LogP contribution in [0.5, 0.6) is 0 Å². The lowest BCUT2D eigenvalue weighted by Gasteiger charge is -2.32. The summed E-state index contributed by atoms with van der Waals surface area (Å²) in [6.45, 7) is 4.97. The highest BCUT2D eigenvalue weighted by molar-refractivity contribution is 8.00. The predicted molar refractivity (Wildman–Crippen MR) is 88.8 cm³/mol. The van der Waals surface area contributed by atoms with Gasteiger partial charge < -0.3 is 10.2 Å². The molecule has 0 saturated carbocycles. The van der Waals surface area contributed by atoms with Crippen LogP contribution in [0.1, 0.15) is 23.2 Å². The van der Waals surface area contributed by atoms with E-state index in [-0.39, 0.29) is 17.9 Å². The summed E-state index contributed by atoms with van der Waals surface area (Å²) in [5, 5.41) is 3.03. The van der Waals surface area contributed by atoms with Gasteiger partial charge in [-0.05, 0) is 25.0 Å². The fraction of sp³-hybridized carbons (Fsp3) is 0.438. The molecule has 1 aliphatic heterocycles. The van der Waals surface area contributed by atoms with Gasteiger partial charge >= 0.3 is 0 Å². The van der Waals surface area contributed by atoms with Crippen molar-refractivity contribution < 1.29 is 9.59 Å². The fourth-order valence-corrected chi connectivity index (χ4v) is 2.96. The first kappa shape index (κ1) is 16.5. The number of rotatable bonds is 6. The molecule has 0 aliphatic carbocycles. The number of piperidine rings is 1. The average Bonchev–Trinajstić information content (AvgIpc) is 2.56. The van der Waals surface area contributed by atoms with Crippen molar-refractivity contribution in [2.45, 2.75) is 18.9 Å². The van der Waals surface area contributed by atoms with Gasteiger partial charge in [-0.15, -0.1) is 18.3 Å². The lowest BCUT2D eigenvalue weighted by atomic mass is 10.0. The highest BCUT2D eigenvalue weighted by Gasteiger charge is 2.24. The van der Waals surface area contributed by atoms with Gasteiger partial charge in [0.05, 0.1) is 5.75 Å². The lowest BCUT2D eigenvalue weighted by Crippen LogP contribution is -2.47. The topological polar surface area (TPSA) is 62.3 Å². The molecule has 118 valence electrons. The van der Waals surface area contributed by atoms with Gasteiger partial charge in [-0.1, -0.05) is 6.08 Å². The minimum Gasteiger partial charge on any atom is -0.353 e. The molecule has 0 unspecified atom stereocenters. The Labute approximate surface area is 135 Å². The van der Waals surface area contributed by atoms with Crippen LogP contribution in [0.2, 0.25) is 0 Å². The lowest BCUT2D eigenvalue weighted by molar-refractivity contribution is -0.119. The maximum absolute atomic E-state index is 12.3. The van der Waals surface area contributed by atoms with Gasteiger partial charge in [0.15, 0.2) is 0 Å². The van der Waals surface area contributed by atoms with Crippen LogP contribution < -0.4 is 5.32 Å². The largest absolute Gasteiger partial charge is 0.353 e. The van der Waals surface area contributed by atoms with Crippen molar-refractivity contribution in [2.75, 3.05) is 24.6 Å². The van der Waals surface area contributed by atoms with E-state index in [9.17, 15) is 9.59 Å². The van der Waals surface area contributed by atoms with Crippen LogP contribution in [0.15, 0.2) is 37.2 Å². The summed E-state index contributed by atoms with van der Waals surface area (Å²) < 4.78 is 0. The zero-order valence-electron chi connectivity index (χ0n) is 12.5. The number of hydrogen-bond donors (Lipinski definition) is 1. The van der Waals surface area contributed by atoms with Crippen molar-refractivity contribution in [2.24, 2.45) is 0 Å². The van der Waals surface area contributed by atoms with Crippen molar-refractivity contribution in [3.63, 3.8) is 0 Å². The number of nitrogens with zero attached hydrogens (tertiary/aromatic N) is 2. The van der Waals surface area contributed by atoms with E-state index < -0.39 is 0 Å². The van der Waals surface area contributed by atoms with Crippen LogP contribution in [-0.4, -0.2) is 52.3 Å². The summed E-state index contributed by atoms with van der Waals surface area (Å²) in [5.74, 6) is 1.34. The van der Waals surface area contributed by atoms with Gasteiger partial charge in [-0.3, -0.25) is 14.6 Å². The fourth-order valence-electron chi connectivity index (χ4n) is 2.41. The summed E-state index contributed by atoms with van der Waals surface area (Å²) >= 11 is 1.55. The minimum absolute atomic E-state index is 0.0358. The molecule has 5 nitrogen and oxygen atoms in total. The first-order valence-electron chi connectivity index (χ1n) is 7.38. The van der Waals surface area contributed by atoms with Gasteiger partial charge in [0.25, 0.3) is 5.91 Å². The Kier molecular flexibility index (Phi) is 6.45. The van der Waals surface area contributed by atoms with Crippen LogP contribution in [0.4, 0.5) is 0 Å². The summed E-state index contributed by atoms with van der Waals surface area (Å²) in [6, 6.07) is 3.62. The highest BCUT2D eigenvalue weighted by atomic mass is 32.2. The van der Waals surface area contributed by atoms with Crippen molar-refractivity contribution in [1.82, 2.24) is 15.2 Å². The van der Waals surface area contributed by atoms with Gasteiger partial charge in [-0.2, -0.15) is 0 Å². The van der Waals surface area contributed by atoms with Crippen LogP contribution >= 0.6 is 11.8 Å². The monoisotopic (exact) mass is 319 g/mol. The molecule has 1 aromatic rings. The number of pyridine rings is 1. The molecule has 6 heteroatoms. The maximum atomic E-state index is 12.3. The predicted octanol–water partition coefficient (Wildman–Crippen LogP) is 1.72. The van der Waals surface area contributed by atoms with Gasteiger partial charge in [0, 0.05) is 42.8 Å². The first-order chi connectivity index (χ1) is 10.7. The Morgan fingerprint density at radius 1 is 1.36 bits per heavy atom. The molecule has 1 aromatic heterocycles. The van der Waals surface area contributed by atoms with E-state index in [0.29, 0.717) is 24.4 Å². The standard InChI is InChI=1S/C16H21N3O2S/c1-2-11-22-12-15(20)18-14-5-9-19(10-6-14)16(21)13-3-7-17-8-4-13/h2-4,7-8,14H,1,5-6,9-12H2,(H,18,20). The Balaban J connectivity index is 1.75. The Bertz CT molecular complexity index is 513. The number of likely N-dealkylation sites (tertiary alicyclic amines) is 1. The molecule has 2 amide bonds. The number of amides is 2. The van der Waals surface area contributed by atoms with Gasteiger partial charge in [0.2, 0.25) is 5.91 Å². The van der Waals surface area contributed by atoms with Crippen molar-refractivity contribution in [3.05, 3.63) is 42.7 Å². The third-order valence-electron chi connectivity index (χ3n) is 3.54. The molecule has 0 atom stereocenters. The minimum atomic E-state index is 0.0358.